The van der Waals surface area contributed by atoms with E-state index in [1.165, 1.54) is 0 Å². The second-order valence-electron chi connectivity index (χ2n) is 3.79. The van der Waals surface area contributed by atoms with Crippen molar-refractivity contribution in [2.45, 2.75) is 36.0 Å². The van der Waals surface area contributed by atoms with Crippen LogP contribution in [0.25, 0.3) is 0 Å². The Hall–Kier alpha value is -0.390. The summed E-state index contributed by atoms with van der Waals surface area (Å²) in [5, 5.41) is 0. The summed E-state index contributed by atoms with van der Waals surface area (Å²) in [7, 11) is 0. The van der Waals surface area contributed by atoms with Crippen molar-refractivity contribution >= 4 is 22.6 Å². The minimum absolute atomic E-state index is 0.0926. The van der Waals surface area contributed by atoms with Crippen LogP contribution in [0.1, 0.15) is 19.8 Å². The fraction of sp³-hybridized carbons (Fsp3) is 1.00. The zero-order chi connectivity index (χ0) is 25.8. The van der Waals surface area contributed by atoms with Gasteiger partial charge in [0.15, 0.2) is 6.67 Å². The SMILES string of the molecule is CCC(I)CC(CF)C(F)(F)F.FCC(F)(F)F.FCF.FCF.FCF.FCF. The van der Waals surface area contributed by atoms with E-state index in [9.17, 15) is 70.2 Å². The first kappa shape index (κ1) is 43.5. The first-order valence-corrected chi connectivity index (χ1v) is 8.25. The minimum atomic E-state index is -4.62. The number of rotatable bonds is 4. The zero-order valence-corrected chi connectivity index (χ0v) is 17.4. The van der Waals surface area contributed by atoms with Crippen molar-refractivity contribution in [2.24, 2.45) is 5.92 Å². The van der Waals surface area contributed by atoms with Gasteiger partial charge >= 0.3 is 12.4 Å². The Balaban J connectivity index is -0.0000000669. The van der Waals surface area contributed by atoms with E-state index in [1.807, 2.05) is 22.6 Å². The van der Waals surface area contributed by atoms with E-state index in [4.69, 9.17) is 0 Å². The summed E-state index contributed by atoms with van der Waals surface area (Å²) < 4.78 is 166. The van der Waals surface area contributed by atoms with Gasteiger partial charge in [-0.15, -0.1) is 0 Å². The molecule has 0 radical (unpaired) electrons. The lowest BCUT2D eigenvalue weighted by molar-refractivity contribution is -0.179. The van der Waals surface area contributed by atoms with Gasteiger partial charge in [0.1, 0.15) is 6.67 Å². The van der Waals surface area contributed by atoms with Crippen LogP contribution < -0.4 is 0 Å². The Kier molecular flexibility index (Phi) is 48.2. The van der Waals surface area contributed by atoms with Gasteiger partial charge in [-0.3, -0.25) is 4.39 Å². The van der Waals surface area contributed by atoms with E-state index in [0.717, 1.165) is 0 Å². The van der Waals surface area contributed by atoms with E-state index >= 15 is 0 Å². The Morgan fingerprint density at radius 3 is 0.967 bits per heavy atom. The van der Waals surface area contributed by atoms with Gasteiger partial charge < -0.3 is 0 Å². The van der Waals surface area contributed by atoms with Gasteiger partial charge in [-0.1, -0.05) is 29.5 Å². The second-order valence-corrected chi connectivity index (χ2v) is 5.55. The van der Waals surface area contributed by atoms with E-state index in [0.29, 0.717) is 6.42 Å². The molecule has 17 heteroatoms. The summed E-state index contributed by atoms with van der Waals surface area (Å²) in [6.45, 7) is -8.74. The molecule has 0 aliphatic carbocycles. The van der Waals surface area contributed by atoms with Crippen LogP contribution >= 0.6 is 22.6 Å². The fourth-order valence-electron chi connectivity index (χ4n) is 0.759. The predicted octanol–water partition coefficient (Wildman–Crippen LogP) is 8.79. The van der Waals surface area contributed by atoms with Crippen molar-refractivity contribution in [3.8, 4) is 0 Å². The lowest BCUT2D eigenvalue weighted by atomic mass is 10.0. The standard InChI is InChI=1S/C7H11F4I.C2H2F4.4CH2F2/c1-2-6(12)3-5(4-8)7(9,10)11;3-1-2(4,5)6;4*2-1-3/h5-6H,2-4H2,1H3;1H2;4*1H2. The maximum Gasteiger partial charge on any atom is 0.416 e. The van der Waals surface area contributed by atoms with Crippen LogP contribution in [0.3, 0.4) is 0 Å². The normalized spacial score (nSPS) is 11.8. The number of halogens is 17. The number of hydrogen-bond acceptors (Lipinski definition) is 0. The highest BCUT2D eigenvalue weighted by Crippen LogP contribution is 2.32. The number of alkyl halides is 17. The van der Waals surface area contributed by atoms with Gasteiger partial charge in [0.05, 0.1) is 5.92 Å². The molecule has 0 aliphatic heterocycles. The lowest BCUT2D eigenvalue weighted by Crippen LogP contribution is -2.27. The zero-order valence-electron chi connectivity index (χ0n) is 15.2. The van der Waals surface area contributed by atoms with Crippen LogP contribution in [0.15, 0.2) is 0 Å². The van der Waals surface area contributed by atoms with Gasteiger partial charge in [-0.25, -0.2) is 39.5 Å². The highest BCUT2D eigenvalue weighted by molar-refractivity contribution is 14.1. The molecule has 2 atom stereocenters. The summed E-state index contributed by atoms with van der Waals surface area (Å²) in [4.78, 5) is 0. The maximum atomic E-state index is 12.0. The summed E-state index contributed by atoms with van der Waals surface area (Å²) in [6.07, 6.45) is -8.47. The Labute approximate surface area is 176 Å². The van der Waals surface area contributed by atoms with E-state index < -0.39 is 59.3 Å². The van der Waals surface area contributed by atoms with Gasteiger partial charge in [0.25, 0.3) is 0 Å². The molecule has 0 aliphatic rings. The molecule has 0 amide bonds. The Morgan fingerprint density at radius 1 is 0.633 bits per heavy atom. The van der Waals surface area contributed by atoms with E-state index in [1.54, 1.807) is 6.92 Å². The largest absolute Gasteiger partial charge is 0.416 e. The highest BCUT2D eigenvalue weighted by atomic mass is 127. The van der Waals surface area contributed by atoms with E-state index in [2.05, 4.69) is 0 Å². The molecule has 192 valence electrons. The molecule has 0 aromatic heterocycles. The predicted molar refractivity (Wildman–Crippen MR) is 88.6 cm³/mol. The molecule has 0 saturated carbocycles. The molecule has 0 N–H and O–H groups in total. The molecule has 0 saturated heterocycles. The molecule has 0 spiro atoms. The molecule has 0 bridgehead atoms. The monoisotopic (exact) mass is 608 g/mol. The van der Waals surface area contributed by atoms with Crippen LogP contribution in [0.5, 0.6) is 0 Å². The molecule has 30 heavy (non-hydrogen) atoms. The molecule has 0 heterocycles. The van der Waals surface area contributed by atoms with Crippen molar-refractivity contribution in [1.29, 1.82) is 0 Å². The molecule has 0 aromatic rings. The molecule has 2 unspecified atom stereocenters. The van der Waals surface area contributed by atoms with Crippen molar-refractivity contribution < 1.29 is 70.2 Å². The van der Waals surface area contributed by atoms with Crippen LogP contribution in [0.2, 0.25) is 0 Å². The first-order valence-electron chi connectivity index (χ1n) is 7.01. The van der Waals surface area contributed by atoms with Crippen molar-refractivity contribution in [3.63, 3.8) is 0 Å². The summed E-state index contributed by atoms with van der Waals surface area (Å²) in [6, 6.07) is 0. The van der Waals surface area contributed by atoms with Crippen molar-refractivity contribution in [1.82, 2.24) is 0 Å². The average molecular weight is 608 g/mol. The molecular weight excluding hydrogens is 587 g/mol. The van der Waals surface area contributed by atoms with Crippen LogP contribution in [-0.4, -0.2) is 57.3 Å². The van der Waals surface area contributed by atoms with Gasteiger partial charge in [0.2, 0.25) is 27.7 Å². The van der Waals surface area contributed by atoms with Crippen molar-refractivity contribution in [2.75, 3.05) is 41.1 Å². The number of hydrogen-bond donors (Lipinski definition) is 0. The molecule has 0 fully saturated rings. The Bertz CT molecular complexity index is 253. The van der Waals surface area contributed by atoms with Crippen LogP contribution in [-0.2, 0) is 0 Å². The summed E-state index contributed by atoms with van der Waals surface area (Å²) in [5.74, 6) is -1.78. The van der Waals surface area contributed by atoms with Crippen molar-refractivity contribution in [3.05, 3.63) is 0 Å². The van der Waals surface area contributed by atoms with Crippen LogP contribution in [0, 0.1) is 5.92 Å². The summed E-state index contributed by atoms with van der Waals surface area (Å²) in [5.41, 5.74) is 0. The third-order valence-corrected chi connectivity index (χ3v) is 3.17. The van der Waals surface area contributed by atoms with Gasteiger partial charge in [0, 0.05) is 3.92 Å². The first-order chi connectivity index (χ1) is 13.6. The molecular formula is C13H21F16I. The highest BCUT2D eigenvalue weighted by Gasteiger charge is 2.40. The maximum absolute atomic E-state index is 12.0. The van der Waals surface area contributed by atoms with Crippen LogP contribution in [0.4, 0.5) is 70.2 Å². The quantitative estimate of drug-likeness (QED) is 0.170. The third-order valence-electron chi connectivity index (χ3n) is 1.78. The molecule has 0 aromatic carbocycles. The topological polar surface area (TPSA) is 0 Å². The minimum Gasteiger partial charge on any atom is -0.250 e. The fourth-order valence-corrected chi connectivity index (χ4v) is 1.37. The average Bonchev–Trinajstić information content (AvgIpc) is 2.61. The summed E-state index contributed by atoms with van der Waals surface area (Å²) >= 11 is 1.92. The second kappa shape index (κ2) is 33.3. The molecule has 0 rings (SSSR count). The Morgan fingerprint density at radius 2 is 0.867 bits per heavy atom. The lowest BCUT2D eigenvalue weighted by Gasteiger charge is -2.18. The van der Waals surface area contributed by atoms with E-state index in [-0.39, 0.29) is 10.3 Å². The van der Waals surface area contributed by atoms with Gasteiger partial charge in [-0.05, 0) is 12.8 Å². The molecule has 0 nitrogen and oxygen atoms in total. The third kappa shape index (κ3) is 70.9. The van der Waals surface area contributed by atoms with Gasteiger partial charge in [-0.2, -0.15) is 26.3 Å². The smallest absolute Gasteiger partial charge is 0.250 e.